The van der Waals surface area contributed by atoms with Gasteiger partial charge in [0.05, 0.1) is 25.2 Å². The minimum absolute atomic E-state index is 0.311. The molecule has 1 N–H and O–H groups in total. The van der Waals surface area contributed by atoms with E-state index in [0.29, 0.717) is 6.29 Å². The predicted octanol–water partition coefficient (Wildman–Crippen LogP) is -0.127. The molecule has 0 aromatic carbocycles. The highest BCUT2D eigenvalue weighted by Crippen LogP contribution is 2.42. The van der Waals surface area contributed by atoms with E-state index in [2.05, 4.69) is 10.0 Å². The maximum absolute atomic E-state index is 11.3. The number of aldehydes is 1. The average Bonchev–Trinajstić information content (AvgIpc) is 2.86. The van der Waals surface area contributed by atoms with Gasteiger partial charge in [0.25, 0.3) is 0 Å². The number of aliphatic hydroxyl groups is 1. The molecule has 0 amide bonds. The summed E-state index contributed by atoms with van der Waals surface area (Å²) in [5.41, 5.74) is 8.64. The number of hydrogen-bond acceptors (Lipinski definition) is 10. The van der Waals surface area contributed by atoms with Crippen molar-refractivity contribution >= 4 is 24.2 Å². The lowest BCUT2D eigenvalue weighted by molar-refractivity contribution is -0.243. The molecule has 0 radical (unpaired) electrons. The van der Waals surface area contributed by atoms with E-state index in [0.717, 1.165) is 20.8 Å². The molecule has 0 aromatic rings. The van der Waals surface area contributed by atoms with Crippen molar-refractivity contribution in [2.45, 2.75) is 38.7 Å². The van der Waals surface area contributed by atoms with E-state index in [1.807, 2.05) is 0 Å². The molecule has 1 fully saturated rings. The van der Waals surface area contributed by atoms with Crippen molar-refractivity contribution in [3.63, 3.8) is 0 Å². The fourth-order valence-corrected chi connectivity index (χ4v) is 2.76. The molecule has 5 atom stereocenters. The van der Waals surface area contributed by atoms with Crippen LogP contribution in [0.1, 0.15) is 20.8 Å². The molecular formula is C15H21N3O9. The Hall–Kier alpha value is -2.69. The fraction of sp³-hybridized carbons (Fsp3) is 0.733. The van der Waals surface area contributed by atoms with Gasteiger partial charge >= 0.3 is 17.9 Å². The summed E-state index contributed by atoms with van der Waals surface area (Å²) in [6.45, 7) is 2.08. The lowest BCUT2D eigenvalue weighted by Gasteiger charge is -2.29. The minimum atomic E-state index is -2.16. The molecule has 150 valence electrons. The smallest absolute Gasteiger partial charge is 0.302 e. The Kier molecular flexibility index (Phi) is 8.16. The second-order valence-electron chi connectivity index (χ2n) is 5.91. The van der Waals surface area contributed by atoms with Crippen molar-refractivity contribution in [3.05, 3.63) is 10.4 Å². The molecular weight excluding hydrogens is 366 g/mol. The van der Waals surface area contributed by atoms with Gasteiger partial charge in [0.15, 0.2) is 0 Å². The summed E-state index contributed by atoms with van der Waals surface area (Å²) in [6, 6.07) is -1.36. The molecule has 1 rings (SSSR count). The molecule has 1 aliphatic heterocycles. The van der Waals surface area contributed by atoms with Crippen LogP contribution in [0.5, 0.6) is 0 Å². The number of rotatable bonds is 9. The Morgan fingerprint density at radius 2 is 1.74 bits per heavy atom. The van der Waals surface area contributed by atoms with Crippen molar-refractivity contribution in [2.24, 2.45) is 17.0 Å². The monoisotopic (exact) mass is 387 g/mol. The number of carbonyl (C=O) groups is 4. The van der Waals surface area contributed by atoms with Gasteiger partial charge in [0.2, 0.25) is 5.79 Å². The zero-order valence-electron chi connectivity index (χ0n) is 15.1. The van der Waals surface area contributed by atoms with Crippen LogP contribution in [0.3, 0.4) is 0 Å². The van der Waals surface area contributed by atoms with Gasteiger partial charge in [-0.15, -0.1) is 0 Å². The quantitative estimate of drug-likeness (QED) is 0.141. The van der Waals surface area contributed by atoms with Crippen LogP contribution >= 0.6 is 0 Å². The zero-order chi connectivity index (χ0) is 20.6. The summed E-state index contributed by atoms with van der Waals surface area (Å²) in [7, 11) is 0. The number of esters is 3. The zero-order valence-corrected chi connectivity index (χ0v) is 15.1. The second kappa shape index (κ2) is 9.86. The number of azide groups is 1. The van der Waals surface area contributed by atoms with Gasteiger partial charge in [-0.3, -0.25) is 14.4 Å². The largest absolute Gasteiger partial charge is 0.465 e. The topological polar surface area (TPSA) is 174 Å². The molecule has 0 spiro atoms. The van der Waals surface area contributed by atoms with E-state index in [4.69, 9.17) is 24.5 Å². The highest BCUT2D eigenvalue weighted by atomic mass is 16.7. The standard InChI is InChI=1S/C15H21N3O9/c1-8(20)24-5-11-12(6-25-9(2)21)15(23,7-26-10(3)22)27-14(11)13(4-19)17-18-16/h4,11-14,23H,5-7H2,1-3H3/t11-,12+,13-,14-,15?/m1/s1. The Bertz CT molecular complexity index is 634. The molecule has 27 heavy (non-hydrogen) atoms. The molecule has 12 nitrogen and oxygen atoms in total. The van der Waals surface area contributed by atoms with Crippen LogP contribution in [0.2, 0.25) is 0 Å². The SMILES string of the molecule is CC(=O)OC[C@H]1[C@H]([C@@H](C=O)N=[N+]=[N-])OC(O)(COC(C)=O)[C@H]1COC(C)=O. The van der Waals surface area contributed by atoms with Crippen molar-refractivity contribution in [2.75, 3.05) is 19.8 Å². The third-order valence-corrected chi connectivity index (χ3v) is 3.95. The van der Waals surface area contributed by atoms with Crippen LogP contribution in [-0.4, -0.2) is 67.1 Å². The summed E-state index contributed by atoms with van der Waals surface area (Å²) in [4.78, 5) is 47.4. The van der Waals surface area contributed by atoms with Crippen LogP contribution in [0.15, 0.2) is 5.11 Å². The van der Waals surface area contributed by atoms with Crippen molar-refractivity contribution < 1.29 is 43.2 Å². The molecule has 0 aliphatic carbocycles. The normalized spacial score (nSPS) is 27.8. The highest BCUT2D eigenvalue weighted by molar-refractivity contribution is 5.66. The molecule has 1 saturated heterocycles. The third-order valence-electron chi connectivity index (χ3n) is 3.95. The van der Waals surface area contributed by atoms with E-state index >= 15 is 0 Å². The Balaban J connectivity index is 3.25. The second-order valence-corrected chi connectivity index (χ2v) is 5.91. The Morgan fingerprint density at radius 1 is 1.19 bits per heavy atom. The van der Waals surface area contributed by atoms with Crippen molar-refractivity contribution in [1.82, 2.24) is 0 Å². The first kappa shape index (κ1) is 22.4. The first-order chi connectivity index (χ1) is 12.6. The summed E-state index contributed by atoms with van der Waals surface area (Å²) >= 11 is 0. The Labute approximate surface area is 154 Å². The van der Waals surface area contributed by atoms with Gasteiger partial charge in [-0.25, -0.2) is 0 Å². The van der Waals surface area contributed by atoms with Gasteiger partial charge in [-0.1, -0.05) is 5.11 Å². The maximum atomic E-state index is 11.3. The summed E-state index contributed by atoms with van der Waals surface area (Å²) in [5, 5.41) is 14.2. The number of ether oxygens (including phenoxy) is 4. The van der Waals surface area contributed by atoms with Gasteiger partial charge in [-0.05, 0) is 5.53 Å². The van der Waals surface area contributed by atoms with Crippen LogP contribution < -0.4 is 0 Å². The summed E-state index contributed by atoms with van der Waals surface area (Å²) in [6.07, 6.45) is -0.898. The number of hydrogen-bond donors (Lipinski definition) is 1. The molecule has 0 aromatic heterocycles. The van der Waals surface area contributed by atoms with Gasteiger partial charge in [0, 0.05) is 31.6 Å². The molecule has 1 heterocycles. The lowest BCUT2D eigenvalue weighted by Crippen LogP contribution is -2.45. The number of nitrogens with zero attached hydrogens (tertiary/aromatic N) is 3. The fourth-order valence-electron chi connectivity index (χ4n) is 2.76. The van der Waals surface area contributed by atoms with Crippen molar-refractivity contribution in [1.29, 1.82) is 0 Å². The average molecular weight is 387 g/mol. The maximum Gasteiger partial charge on any atom is 0.302 e. The highest BCUT2D eigenvalue weighted by Gasteiger charge is 2.57. The first-order valence-corrected chi connectivity index (χ1v) is 7.94. The van der Waals surface area contributed by atoms with E-state index in [1.165, 1.54) is 0 Å². The molecule has 0 saturated carbocycles. The molecule has 0 bridgehead atoms. The van der Waals surface area contributed by atoms with E-state index < -0.39 is 54.3 Å². The summed E-state index contributed by atoms with van der Waals surface area (Å²) < 4.78 is 20.2. The Morgan fingerprint density at radius 3 is 2.22 bits per heavy atom. The van der Waals surface area contributed by atoms with Crippen LogP contribution in [0.25, 0.3) is 10.4 Å². The minimum Gasteiger partial charge on any atom is -0.465 e. The first-order valence-electron chi connectivity index (χ1n) is 7.94. The third kappa shape index (κ3) is 6.20. The van der Waals surface area contributed by atoms with Crippen LogP contribution in [-0.2, 0) is 38.1 Å². The molecule has 12 heteroatoms. The molecule has 1 unspecified atom stereocenters. The van der Waals surface area contributed by atoms with Crippen LogP contribution in [0.4, 0.5) is 0 Å². The number of carbonyl (C=O) groups excluding carboxylic acids is 4. The van der Waals surface area contributed by atoms with E-state index in [9.17, 15) is 24.3 Å². The lowest BCUT2D eigenvalue weighted by atomic mass is 9.84. The van der Waals surface area contributed by atoms with E-state index in [-0.39, 0.29) is 13.2 Å². The van der Waals surface area contributed by atoms with Gasteiger partial charge < -0.3 is 28.8 Å². The van der Waals surface area contributed by atoms with Crippen LogP contribution in [0, 0.1) is 11.8 Å². The van der Waals surface area contributed by atoms with Crippen molar-refractivity contribution in [3.8, 4) is 0 Å². The van der Waals surface area contributed by atoms with Gasteiger partial charge in [0.1, 0.15) is 18.9 Å². The molecule has 1 aliphatic rings. The summed E-state index contributed by atoms with van der Waals surface area (Å²) in [5.74, 6) is -6.09. The van der Waals surface area contributed by atoms with E-state index in [1.54, 1.807) is 0 Å². The van der Waals surface area contributed by atoms with Gasteiger partial charge in [-0.2, -0.15) is 0 Å². The predicted molar refractivity (Wildman–Crippen MR) is 85.7 cm³/mol.